The number of piperidine rings is 1. The van der Waals surface area contributed by atoms with E-state index in [-0.39, 0.29) is 12.1 Å². The van der Waals surface area contributed by atoms with Crippen LogP contribution in [0.4, 0.5) is 0 Å². The van der Waals surface area contributed by atoms with Gasteiger partial charge in [0, 0.05) is 30.9 Å². The molecule has 6 heteroatoms. The van der Waals surface area contributed by atoms with Crippen molar-refractivity contribution in [1.29, 1.82) is 0 Å². The zero-order chi connectivity index (χ0) is 16.6. The number of hydrogen-bond acceptors (Lipinski definition) is 3. The molecular weight excluding hydrogens is 310 g/mol. The first-order valence-electron chi connectivity index (χ1n) is 8.04. The maximum Gasteiger partial charge on any atom is 0.247 e. The van der Waals surface area contributed by atoms with E-state index in [1.807, 2.05) is 44.2 Å². The highest BCUT2D eigenvalue weighted by atomic mass is 32.2. The van der Waals surface area contributed by atoms with Gasteiger partial charge in [0.2, 0.25) is 10.0 Å². The Morgan fingerprint density at radius 3 is 2.30 bits per heavy atom. The third-order valence-corrected chi connectivity index (χ3v) is 6.64. The molecule has 2 atom stereocenters. The lowest BCUT2D eigenvalue weighted by atomic mass is 10.0. The Bertz CT molecular complexity index is 773. The highest BCUT2D eigenvalue weighted by molar-refractivity contribution is 7.89. The zero-order valence-electron chi connectivity index (χ0n) is 13.8. The third-order valence-electron chi connectivity index (χ3n) is 4.51. The molecule has 1 aromatic heterocycles. The molecule has 1 aliphatic heterocycles. The number of sulfonamides is 1. The van der Waals surface area contributed by atoms with E-state index in [9.17, 15) is 8.42 Å². The Labute approximate surface area is 138 Å². The molecule has 2 aromatic rings. The Morgan fingerprint density at radius 2 is 1.70 bits per heavy atom. The van der Waals surface area contributed by atoms with E-state index in [1.54, 1.807) is 22.2 Å². The van der Waals surface area contributed by atoms with Gasteiger partial charge in [-0.3, -0.25) is 4.68 Å². The Hall–Kier alpha value is -1.66. The molecule has 0 N–H and O–H groups in total. The molecule has 1 fully saturated rings. The largest absolute Gasteiger partial charge is 0.274 e. The molecule has 5 nitrogen and oxygen atoms in total. The quantitative estimate of drug-likeness (QED) is 0.867. The fraction of sp³-hybridized carbons (Fsp3) is 0.471. The summed E-state index contributed by atoms with van der Waals surface area (Å²) in [5.74, 6) is 0. The standard InChI is InChI=1S/C17H23N3O2S/c1-13-8-7-9-14(2)20(13)23(21,22)16-12-19(3)18-17(16)15-10-5-4-6-11-15/h4-6,10-14H,7-9H2,1-3H3. The van der Waals surface area contributed by atoms with Crippen LogP contribution in [-0.4, -0.2) is 34.6 Å². The first kappa shape index (κ1) is 16.2. The molecule has 0 saturated carbocycles. The van der Waals surface area contributed by atoms with Crippen LogP contribution in [0.2, 0.25) is 0 Å². The van der Waals surface area contributed by atoms with Crippen LogP contribution in [0.1, 0.15) is 33.1 Å². The summed E-state index contributed by atoms with van der Waals surface area (Å²) in [4.78, 5) is 0.298. The fourth-order valence-electron chi connectivity index (χ4n) is 3.44. The molecule has 3 rings (SSSR count). The molecule has 1 aliphatic rings. The predicted molar refractivity (Wildman–Crippen MR) is 90.4 cm³/mol. The van der Waals surface area contributed by atoms with Gasteiger partial charge in [-0.2, -0.15) is 9.40 Å². The summed E-state index contributed by atoms with van der Waals surface area (Å²) >= 11 is 0. The summed E-state index contributed by atoms with van der Waals surface area (Å²) in [5.41, 5.74) is 1.35. The molecule has 124 valence electrons. The van der Waals surface area contributed by atoms with Crippen LogP contribution in [0.15, 0.2) is 41.4 Å². The van der Waals surface area contributed by atoms with Crippen LogP contribution in [0.5, 0.6) is 0 Å². The lowest BCUT2D eigenvalue weighted by Gasteiger charge is -2.37. The van der Waals surface area contributed by atoms with Gasteiger partial charge in [-0.15, -0.1) is 0 Å². The maximum atomic E-state index is 13.3. The van der Waals surface area contributed by atoms with E-state index in [1.165, 1.54) is 0 Å². The van der Waals surface area contributed by atoms with Crippen molar-refractivity contribution in [1.82, 2.24) is 14.1 Å². The third kappa shape index (κ3) is 2.93. The van der Waals surface area contributed by atoms with Crippen LogP contribution in [0.25, 0.3) is 11.3 Å². The van der Waals surface area contributed by atoms with Gasteiger partial charge in [0.1, 0.15) is 10.6 Å². The van der Waals surface area contributed by atoms with Crippen LogP contribution in [0, 0.1) is 0 Å². The number of aromatic nitrogens is 2. The highest BCUT2D eigenvalue weighted by Gasteiger charge is 2.38. The van der Waals surface area contributed by atoms with Crippen LogP contribution < -0.4 is 0 Å². The number of nitrogens with zero attached hydrogens (tertiary/aromatic N) is 3. The molecule has 2 unspecified atom stereocenters. The van der Waals surface area contributed by atoms with Gasteiger partial charge in [0.15, 0.2) is 0 Å². The van der Waals surface area contributed by atoms with E-state index in [0.29, 0.717) is 10.6 Å². The first-order chi connectivity index (χ1) is 10.9. The average molecular weight is 333 g/mol. The van der Waals surface area contributed by atoms with Gasteiger partial charge in [-0.1, -0.05) is 36.8 Å². The summed E-state index contributed by atoms with van der Waals surface area (Å²) in [6.45, 7) is 3.98. The molecule has 23 heavy (non-hydrogen) atoms. The molecule has 2 heterocycles. The van der Waals surface area contributed by atoms with Gasteiger partial charge in [-0.05, 0) is 26.7 Å². The summed E-state index contributed by atoms with van der Waals surface area (Å²) in [6, 6.07) is 9.53. The van der Waals surface area contributed by atoms with Gasteiger partial charge in [0.25, 0.3) is 0 Å². The molecule has 1 aromatic carbocycles. The van der Waals surface area contributed by atoms with Gasteiger partial charge < -0.3 is 0 Å². The van der Waals surface area contributed by atoms with Crippen LogP contribution in [0.3, 0.4) is 0 Å². The second-order valence-electron chi connectivity index (χ2n) is 6.35. The summed E-state index contributed by atoms with van der Waals surface area (Å²) in [5, 5.41) is 4.40. The monoisotopic (exact) mass is 333 g/mol. The second kappa shape index (κ2) is 6.09. The molecule has 0 bridgehead atoms. The minimum Gasteiger partial charge on any atom is -0.274 e. The Morgan fingerprint density at radius 1 is 1.09 bits per heavy atom. The summed E-state index contributed by atoms with van der Waals surface area (Å²) < 4.78 is 29.8. The molecule has 0 radical (unpaired) electrons. The van der Waals surface area contributed by atoms with Gasteiger partial charge in [-0.25, -0.2) is 8.42 Å². The van der Waals surface area contributed by atoms with Crippen LogP contribution in [-0.2, 0) is 17.1 Å². The topological polar surface area (TPSA) is 55.2 Å². The Balaban J connectivity index is 2.11. The molecular formula is C17H23N3O2S. The predicted octanol–water partition coefficient (Wildman–Crippen LogP) is 3.04. The van der Waals surface area contributed by atoms with E-state index in [2.05, 4.69) is 5.10 Å². The van der Waals surface area contributed by atoms with Gasteiger partial charge >= 0.3 is 0 Å². The molecule has 1 saturated heterocycles. The normalized spacial score (nSPS) is 23.1. The highest BCUT2D eigenvalue weighted by Crippen LogP contribution is 2.33. The number of rotatable bonds is 3. The van der Waals surface area contributed by atoms with Crippen molar-refractivity contribution >= 4 is 10.0 Å². The molecule has 0 amide bonds. The van der Waals surface area contributed by atoms with Crippen molar-refractivity contribution in [2.45, 2.75) is 50.1 Å². The number of hydrogen-bond donors (Lipinski definition) is 0. The van der Waals surface area contributed by atoms with E-state index in [0.717, 1.165) is 24.8 Å². The van der Waals surface area contributed by atoms with Crippen molar-refractivity contribution in [2.75, 3.05) is 0 Å². The van der Waals surface area contributed by atoms with E-state index < -0.39 is 10.0 Å². The van der Waals surface area contributed by atoms with Crippen molar-refractivity contribution in [2.24, 2.45) is 7.05 Å². The number of benzene rings is 1. The fourth-order valence-corrected chi connectivity index (χ4v) is 5.51. The molecule has 0 spiro atoms. The lowest BCUT2D eigenvalue weighted by molar-refractivity contribution is 0.204. The maximum absolute atomic E-state index is 13.3. The smallest absolute Gasteiger partial charge is 0.247 e. The van der Waals surface area contributed by atoms with E-state index >= 15 is 0 Å². The second-order valence-corrected chi connectivity index (χ2v) is 8.16. The van der Waals surface area contributed by atoms with E-state index in [4.69, 9.17) is 0 Å². The molecule has 0 aliphatic carbocycles. The van der Waals surface area contributed by atoms with Crippen molar-refractivity contribution in [3.8, 4) is 11.3 Å². The summed E-state index contributed by atoms with van der Waals surface area (Å²) in [6.07, 6.45) is 4.51. The average Bonchev–Trinajstić information content (AvgIpc) is 2.91. The van der Waals surface area contributed by atoms with Crippen LogP contribution >= 0.6 is 0 Å². The number of aryl methyl sites for hydroxylation is 1. The zero-order valence-corrected chi connectivity index (χ0v) is 14.6. The van der Waals surface area contributed by atoms with Crippen molar-refractivity contribution in [3.05, 3.63) is 36.5 Å². The minimum absolute atomic E-state index is 0.0209. The minimum atomic E-state index is -3.57. The Kier molecular flexibility index (Phi) is 4.29. The lowest BCUT2D eigenvalue weighted by Crippen LogP contribution is -2.47. The summed E-state index contributed by atoms with van der Waals surface area (Å²) in [7, 11) is -1.81. The SMILES string of the molecule is CC1CCCC(C)N1S(=O)(=O)c1cn(C)nc1-c1ccccc1. The van der Waals surface area contributed by atoms with Crippen molar-refractivity contribution < 1.29 is 8.42 Å². The van der Waals surface area contributed by atoms with Gasteiger partial charge in [0.05, 0.1) is 0 Å². The first-order valence-corrected chi connectivity index (χ1v) is 9.48. The van der Waals surface area contributed by atoms with Crippen molar-refractivity contribution in [3.63, 3.8) is 0 Å².